The van der Waals surface area contributed by atoms with Gasteiger partial charge in [-0.2, -0.15) is 4.31 Å². The molecule has 7 nitrogen and oxygen atoms in total. The minimum absolute atomic E-state index is 0.152. The summed E-state index contributed by atoms with van der Waals surface area (Å²) in [6.45, 7) is 1.01. The lowest BCUT2D eigenvalue weighted by Crippen LogP contribution is -2.45. The number of rotatable bonds is 8. The molecular weight excluding hydrogens is 482 g/mol. The topological polar surface area (TPSA) is 95.6 Å². The first-order valence-corrected chi connectivity index (χ1v) is 14.0. The lowest BCUT2D eigenvalue weighted by atomic mass is 10.0. The number of carbonyl (C=O) groups excluding carboxylic acids is 2. The number of sulfonamides is 1. The molecule has 0 spiro atoms. The van der Waals surface area contributed by atoms with Crippen LogP contribution in [0.5, 0.6) is 0 Å². The van der Waals surface area contributed by atoms with Gasteiger partial charge in [0, 0.05) is 25.2 Å². The number of thiophene rings is 1. The highest BCUT2D eigenvalue weighted by Crippen LogP contribution is 2.23. The van der Waals surface area contributed by atoms with Crippen molar-refractivity contribution in [2.75, 3.05) is 18.4 Å². The molecule has 2 aromatic carbocycles. The summed E-state index contributed by atoms with van der Waals surface area (Å²) in [6.07, 6.45) is 4.06. The third-order valence-corrected chi connectivity index (χ3v) is 8.72. The number of amides is 2. The fourth-order valence-corrected chi connectivity index (χ4v) is 6.28. The lowest BCUT2D eigenvalue weighted by molar-refractivity contribution is -0.118. The van der Waals surface area contributed by atoms with E-state index >= 15 is 0 Å². The Morgan fingerprint density at radius 3 is 2.34 bits per heavy atom. The molecule has 9 heteroatoms. The van der Waals surface area contributed by atoms with Gasteiger partial charge in [0.25, 0.3) is 5.91 Å². The van der Waals surface area contributed by atoms with Gasteiger partial charge in [-0.25, -0.2) is 8.42 Å². The molecule has 4 rings (SSSR count). The molecule has 1 saturated heterocycles. The Labute approximate surface area is 210 Å². The predicted octanol–water partition coefficient (Wildman–Crippen LogP) is 4.29. The molecule has 2 N–H and O–H groups in total. The molecule has 0 aliphatic carbocycles. The number of nitrogens with one attached hydrogen (secondary N) is 2. The summed E-state index contributed by atoms with van der Waals surface area (Å²) in [5.41, 5.74) is 1.27. The molecule has 3 aromatic rings. The van der Waals surface area contributed by atoms with Gasteiger partial charge < -0.3 is 10.6 Å². The number of benzene rings is 2. The second-order valence-electron chi connectivity index (χ2n) is 8.53. The standard InChI is InChI=1S/C26H29N3O4S2/c30-25(23(18-20-10-4-3-5-11-20)28-26(31)24-14-9-17-34-24)27-21-12-8-13-22(19-21)35(32,33)29-15-6-1-2-7-16-29/h3-5,8-14,17,19,23H,1-2,6-7,15-16,18H2,(H,27,30)(H,28,31). The Hall–Kier alpha value is -3.01. The monoisotopic (exact) mass is 511 g/mol. The van der Waals surface area contributed by atoms with Crippen molar-refractivity contribution >= 4 is 38.9 Å². The number of hydrogen-bond acceptors (Lipinski definition) is 5. The lowest BCUT2D eigenvalue weighted by Gasteiger charge is -2.21. The van der Waals surface area contributed by atoms with Crippen LogP contribution in [0.4, 0.5) is 5.69 Å². The van der Waals surface area contributed by atoms with E-state index < -0.39 is 22.0 Å². The Kier molecular flexibility index (Phi) is 8.33. The zero-order valence-electron chi connectivity index (χ0n) is 19.4. The smallest absolute Gasteiger partial charge is 0.262 e. The van der Waals surface area contributed by atoms with Crippen molar-refractivity contribution in [1.82, 2.24) is 9.62 Å². The molecule has 2 heterocycles. The zero-order valence-corrected chi connectivity index (χ0v) is 21.0. The molecule has 0 bridgehead atoms. The van der Waals surface area contributed by atoms with Gasteiger partial charge in [-0.05, 0) is 48.1 Å². The SMILES string of the molecule is O=C(NC(Cc1ccccc1)C(=O)Nc1cccc(S(=O)(=O)N2CCCCCC2)c1)c1cccs1. The third-order valence-electron chi connectivity index (χ3n) is 5.95. The molecule has 0 saturated carbocycles. The predicted molar refractivity (Wildman–Crippen MR) is 138 cm³/mol. The molecule has 1 aliphatic heterocycles. The molecule has 2 amide bonds. The van der Waals surface area contributed by atoms with Crippen LogP contribution in [0.2, 0.25) is 0 Å². The Balaban J connectivity index is 1.52. The fourth-order valence-electron chi connectivity index (χ4n) is 4.09. The molecule has 35 heavy (non-hydrogen) atoms. The van der Waals surface area contributed by atoms with Crippen LogP contribution in [-0.4, -0.2) is 43.7 Å². The van der Waals surface area contributed by atoms with Gasteiger partial charge in [0.15, 0.2) is 0 Å². The van der Waals surface area contributed by atoms with E-state index in [2.05, 4.69) is 10.6 Å². The van der Waals surface area contributed by atoms with Gasteiger partial charge in [-0.1, -0.05) is 55.3 Å². The molecular formula is C26H29N3O4S2. The second-order valence-corrected chi connectivity index (χ2v) is 11.4. The first-order valence-electron chi connectivity index (χ1n) is 11.7. The molecule has 1 atom stereocenters. The molecule has 0 radical (unpaired) electrons. The van der Waals surface area contributed by atoms with Crippen molar-refractivity contribution in [2.24, 2.45) is 0 Å². The number of nitrogens with zero attached hydrogens (tertiary/aromatic N) is 1. The van der Waals surface area contributed by atoms with Gasteiger partial charge in [0.1, 0.15) is 6.04 Å². The highest BCUT2D eigenvalue weighted by molar-refractivity contribution is 7.89. The van der Waals surface area contributed by atoms with Gasteiger partial charge in [-0.3, -0.25) is 9.59 Å². The highest BCUT2D eigenvalue weighted by Gasteiger charge is 2.26. The Morgan fingerprint density at radius 1 is 0.914 bits per heavy atom. The van der Waals surface area contributed by atoms with Crippen LogP contribution in [0.25, 0.3) is 0 Å². The quantitative estimate of drug-likeness (QED) is 0.472. The Bertz CT molecular complexity index is 1240. The van der Waals surface area contributed by atoms with Gasteiger partial charge in [0.2, 0.25) is 15.9 Å². The van der Waals surface area contributed by atoms with Crippen molar-refractivity contribution in [2.45, 2.75) is 43.0 Å². The third kappa shape index (κ3) is 6.56. The van der Waals surface area contributed by atoms with Gasteiger partial charge in [0.05, 0.1) is 9.77 Å². The van der Waals surface area contributed by atoms with Crippen LogP contribution >= 0.6 is 11.3 Å². The number of carbonyl (C=O) groups is 2. The second kappa shape index (κ2) is 11.6. The van der Waals surface area contributed by atoms with Crippen molar-refractivity contribution in [3.8, 4) is 0 Å². The minimum Gasteiger partial charge on any atom is -0.339 e. The summed E-state index contributed by atoms with van der Waals surface area (Å²) in [5, 5.41) is 7.43. The van der Waals surface area contributed by atoms with E-state index in [9.17, 15) is 18.0 Å². The average Bonchev–Trinajstić information content (AvgIpc) is 3.26. The maximum absolute atomic E-state index is 13.2. The normalized spacial score (nSPS) is 15.7. The summed E-state index contributed by atoms with van der Waals surface area (Å²) >= 11 is 1.30. The van der Waals surface area contributed by atoms with E-state index in [0.29, 0.717) is 30.1 Å². The first-order chi connectivity index (χ1) is 16.9. The van der Waals surface area contributed by atoms with Crippen molar-refractivity contribution in [3.63, 3.8) is 0 Å². The fraction of sp³-hybridized carbons (Fsp3) is 0.308. The van der Waals surface area contributed by atoms with Gasteiger partial charge in [-0.15, -0.1) is 11.3 Å². The number of anilines is 1. The molecule has 1 fully saturated rings. The maximum Gasteiger partial charge on any atom is 0.262 e. The molecule has 1 aliphatic rings. The molecule has 1 aromatic heterocycles. The zero-order chi connectivity index (χ0) is 24.7. The number of hydrogen-bond donors (Lipinski definition) is 2. The van der Waals surface area contributed by atoms with E-state index in [1.165, 1.54) is 21.7 Å². The van der Waals surface area contributed by atoms with Crippen LogP contribution in [0.15, 0.2) is 77.0 Å². The molecule has 1 unspecified atom stereocenters. The van der Waals surface area contributed by atoms with Crippen LogP contribution in [0, 0.1) is 0 Å². The largest absolute Gasteiger partial charge is 0.339 e. The van der Waals surface area contributed by atoms with E-state index in [1.54, 1.807) is 35.7 Å². The summed E-state index contributed by atoms with van der Waals surface area (Å²) in [6, 6.07) is 18.4. The van der Waals surface area contributed by atoms with E-state index in [4.69, 9.17) is 0 Å². The highest BCUT2D eigenvalue weighted by atomic mass is 32.2. The summed E-state index contributed by atoms with van der Waals surface area (Å²) in [4.78, 5) is 26.6. The summed E-state index contributed by atoms with van der Waals surface area (Å²) in [7, 11) is -3.65. The van der Waals surface area contributed by atoms with Crippen molar-refractivity contribution in [1.29, 1.82) is 0 Å². The van der Waals surface area contributed by atoms with Crippen LogP contribution in [-0.2, 0) is 21.2 Å². The molecule has 184 valence electrons. The average molecular weight is 512 g/mol. The van der Waals surface area contributed by atoms with Crippen LogP contribution < -0.4 is 10.6 Å². The van der Waals surface area contributed by atoms with Crippen LogP contribution in [0.3, 0.4) is 0 Å². The van der Waals surface area contributed by atoms with E-state index in [1.807, 2.05) is 30.3 Å². The van der Waals surface area contributed by atoms with Gasteiger partial charge >= 0.3 is 0 Å². The van der Waals surface area contributed by atoms with Crippen molar-refractivity contribution < 1.29 is 18.0 Å². The van der Waals surface area contributed by atoms with Crippen LogP contribution in [0.1, 0.15) is 40.9 Å². The van der Waals surface area contributed by atoms with Crippen molar-refractivity contribution in [3.05, 3.63) is 82.6 Å². The summed E-state index contributed by atoms with van der Waals surface area (Å²) < 4.78 is 27.9. The maximum atomic E-state index is 13.2. The minimum atomic E-state index is -3.65. The first kappa shape index (κ1) is 25.1. The van der Waals surface area contributed by atoms with E-state index in [-0.39, 0.29) is 10.8 Å². The van der Waals surface area contributed by atoms with E-state index in [0.717, 1.165) is 31.2 Å². The summed E-state index contributed by atoms with van der Waals surface area (Å²) in [5.74, 6) is -0.739. The Morgan fingerprint density at radius 2 is 1.66 bits per heavy atom.